The van der Waals surface area contributed by atoms with Crippen molar-refractivity contribution in [2.24, 2.45) is 0 Å². The summed E-state index contributed by atoms with van der Waals surface area (Å²) in [6.45, 7) is 6.45. The molecule has 0 unspecified atom stereocenters. The van der Waals surface area contributed by atoms with Crippen molar-refractivity contribution < 1.29 is 14.6 Å². The Morgan fingerprint density at radius 1 is 1.14 bits per heavy atom. The molecule has 4 heteroatoms. The molecular weight excluding hydrogens is 266 g/mol. The van der Waals surface area contributed by atoms with Crippen LogP contribution in [0.5, 0.6) is 5.75 Å². The molecule has 0 radical (unpaired) electrons. The maximum Gasteiger partial charge on any atom is 0.119 e. The van der Waals surface area contributed by atoms with Gasteiger partial charge in [-0.3, -0.25) is 4.90 Å². The minimum absolute atomic E-state index is 0.102. The van der Waals surface area contributed by atoms with Crippen LogP contribution in [0.15, 0.2) is 24.3 Å². The lowest BCUT2D eigenvalue weighted by atomic mass is 10.2. The van der Waals surface area contributed by atoms with Crippen molar-refractivity contribution in [2.45, 2.75) is 13.3 Å². The zero-order valence-electron chi connectivity index (χ0n) is 13.0. The zero-order valence-corrected chi connectivity index (χ0v) is 13.0. The Hall–Kier alpha value is -1.54. The number of hydrogen-bond donors (Lipinski definition) is 1. The Labute approximate surface area is 127 Å². The van der Waals surface area contributed by atoms with Crippen molar-refractivity contribution in [3.8, 4) is 17.6 Å². The van der Waals surface area contributed by atoms with Gasteiger partial charge in [0.25, 0.3) is 0 Å². The largest absolute Gasteiger partial charge is 0.492 e. The molecule has 1 aromatic rings. The minimum Gasteiger partial charge on any atom is -0.492 e. The summed E-state index contributed by atoms with van der Waals surface area (Å²) in [4.78, 5) is 2.29. The third kappa shape index (κ3) is 7.72. The van der Waals surface area contributed by atoms with Crippen LogP contribution in [0.25, 0.3) is 0 Å². The van der Waals surface area contributed by atoms with E-state index in [0.29, 0.717) is 13.0 Å². The van der Waals surface area contributed by atoms with E-state index in [1.165, 1.54) is 0 Å². The van der Waals surface area contributed by atoms with Gasteiger partial charge >= 0.3 is 0 Å². The normalized spacial score (nSPS) is 10.3. The van der Waals surface area contributed by atoms with Gasteiger partial charge in [0.15, 0.2) is 0 Å². The lowest BCUT2D eigenvalue weighted by Crippen LogP contribution is -2.31. The number of aliphatic hydroxyl groups is 1. The number of hydrogen-bond acceptors (Lipinski definition) is 4. The van der Waals surface area contributed by atoms with E-state index in [-0.39, 0.29) is 6.61 Å². The molecule has 0 aliphatic rings. The second kappa shape index (κ2) is 11.2. The summed E-state index contributed by atoms with van der Waals surface area (Å²) >= 11 is 0. The SMILES string of the molecule is CCN(CCOC)CCOc1ccc(C#CCCO)cc1. The number of nitrogens with zero attached hydrogens (tertiary/aromatic N) is 1. The molecule has 1 rings (SSSR count). The van der Waals surface area contributed by atoms with Crippen molar-refractivity contribution in [1.82, 2.24) is 4.90 Å². The third-order valence-electron chi connectivity index (χ3n) is 3.06. The van der Waals surface area contributed by atoms with Gasteiger partial charge in [0.05, 0.1) is 13.2 Å². The van der Waals surface area contributed by atoms with E-state index in [1.807, 2.05) is 24.3 Å². The van der Waals surface area contributed by atoms with E-state index in [4.69, 9.17) is 14.6 Å². The van der Waals surface area contributed by atoms with Gasteiger partial charge in [0.1, 0.15) is 12.4 Å². The van der Waals surface area contributed by atoms with E-state index in [1.54, 1.807) is 7.11 Å². The predicted octanol–water partition coefficient (Wildman–Crippen LogP) is 1.77. The van der Waals surface area contributed by atoms with Gasteiger partial charge in [-0.05, 0) is 30.8 Å². The van der Waals surface area contributed by atoms with E-state index in [0.717, 1.165) is 37.6 Å². The summed E-state index contributed by atoms with van der Waals surface area (Å²) in [5, 5.41) is 8.67. The number of methoxy groups -OCH3 is 1. The summed E-state index contributed by atoms with van der Waals surface area (Å²) in [6.07, 6.45) is 0.507. The zero-order chi connectivity index (χ0) is 15.3. The van der Waals surface area contributed by atoms with Gasteiger partial charge < -0.3 is 14.6 Å². The second-order valence-corrected chi connectivity index (χ2v) is 4.58. The Morgan fingerprint density at radius 2 is 1.86 bits per heavy atom. The van der Waals surface area contributed by atoms with Gasteiger partial charge in [-0.25, -0.2) is 0 Å². The predicted molar refractivity (Wildman–Crippen MR) is 84.5 cm³/mol. The van der Waals surface area contributed by atoms with Crippen LogP contribution in [-0.4, -0.2) is 56.6 Å². The molecule has 0 saturated heterocycles. The topological polar surface area (TPSA) is 41.9 Å². The average molecular weight is 291 g/mol. The Bertz CT molecular complexity index is 434. The van der Waals surface area contributed by atoms with Crippen LogP contribution in [0.4, 0.5) is 0 Å². The Morgan fingerprint density at radius 3 is 2.48 bits per heavy atom. The van der Waals surface area contributed by atoms with E-state index >= 15 is 0 Å². The van der Waals surface area contributed by atoms with Crippen LogP contribution in [0.1, 0.15) is 18.9 Å². The van der Waals surface area contributed by atoms with Crippen molar-refractivity contribution in [3.05, 3.63) is 29.8 Å². The van der Waals surface area contributed by atoms with E-state index in [9.17, 15) is 0 Å². The smallest absolute Gasteiger partial charge is 0.119 e. The monoisotopic (exact) mass is 291 g/mol. The lowest BCUT2D eigenvalue weighted by molar-refractivity contribution is 0.138. The average Bonchev–Trinajstić information content (AvgIpc) is 2.52. The standard InChI is InChI=1S/C17H25NO3/c1-3-18(11-14-20-2)12-15-21-17-9-7-16(8-10-17)6-4-5-13-19/h7-10,19H,3,5,11-15H2,1-2H3. The van der Waals surface area contributed by atoms with Crippen molar-refractivity contribution >= 4 is 0 Å². The van der Waals surface area contributed by atoms with Crippen LogP contribution >= 0.6 is 0 Å². The van der Waals surface area contributed by atoms with Crippen LogP contribution < -0.4 is 4.74 Å². The number of benzene rings is 1. The summed E-state index contributed by atoms with van der Waals surface area (Å²) in [5.41, 5.74) is 0.936. The fourth-order valence-electron chi connectivity index (χ4n) is 1.80. The van der Waals surface area contributed by atoms with Crippen LogP contribution in [-0.2, 0) is 4.74 Å². The Kier molecular flexibility index (Phi) is 9.30. The van der Waals surface area contributed by atoms with E-state index < -0.39 is 0 Å². The number of rotatable bonds is 9. The molecule has 0 fully saturated rings. The molecule has 0 aliphatic carbocycles. The first-order valence-electron chi connectivity index (χ1n) is 7.34. The molecule has 116 valence electrons. The molecule has 0 saturated carbocycles. The highest BCUT2D eigenvalue weighted by atomic mass is 16.5. The van der Waals surface area contributed by atoms with Gasteiger partial charge in [-0.15, -0.1) is 0 Å². The lowest BCUT2D eigenvalue weighted by Gasteiger charge is -2.19. The van der Waals surface area contributed by atoms with Crippen LogP contribution in [0.2, 0.25) is 0 Å². The molecule has 0 aliphatic heterocycles. The summed E-state index contributed by atoms with van der Waals surface area (Å²) in [5.74, 6) is 6.74. The first kappa shape index (κ1) is 17.5. The maximum absolute atomic E-state index is 8.67. The highest BCUT2D eigenvalue weighted by Crippen LogP contribution is 2.11. The molecule has 1 aromatic carbocycles. The number of likely N-dealkylation sites (N-methyl/N-ethyl adjacent to an activating group) is 1. The molecule has 0 amide bonds. The number of aliphatic hydroxyl groups excluding tert-OH is 1. The van der Waals surface area contributed by atoms with E-state index in [2.05, 4.69) is 23.7 Å². The minimum atomic E-state index is 0.102. The summed E-state index contributed by atoms with van der Waals surface area (Å²) in [6, 6.07) is 7.72. The quantitative estimate of drug-likeness (QED) is 0.704. The molecule has 0 spiro atoms. The first-order chi connectivity index (χ1) is 10.3. The van der Waals surface area contributed by atoms with Crippen LogP contribution in [0, 0.1) is 11.8 Å². The summed E-state index contributed by atoms with van der Waals surface area (Å²) in [7, 11) is 1.72. The van der Waals surface area contributed by atoms with Crippen LogP contribution in [0.3, 0.4) is 0 Å². The maximum atomic E-state index is 8.67. The molecule has 4 nitrogen and oxygen atoms in total. The molecule has 0 aromatic heterocycles. The fourth-order valence-corrected chi connectivity index (χ4v) is 1.80. The molecular formula is C17H25NO3. The molecule has 1 N–H and O–H groups in total. The summed E-state index contributed by atoms with van der Waals surface area (Å²) < 4.78 is 10.8. The van der Waals surface area contributed by atoms with Gasteiger partial charge in [0, 0.05) is 32.2 Å². The fraction of sp³-hybridized carbons (Fsp3) is 0.529. The van der Waals surface area contributed by atoms with Crippen molar-refractivity contribution in [3.63, 3.8) is 0 Å². The molecule has 21 heavy (non-hydrogen) atoms. The number of ether oxygens (including phenoxy) is 2. The molecule has 0 bridgehead atoms. The van der Waals surface area contributed by atoms with Crippen molar-refractivity contribution in [1.29, 1.82) is 0 Å². The highest BCUT2D eigenvalue weighted by Gasteiger charge is 2.02. The Balaban J connectivity index is 2.34. The first-order valence-corrected chi connectivity index (χ1v) is 7.34. The molecule has 0 atom stereocenters. The second-order valence-electron chi connectivity index (χ2n) is 4.58. The van der Waals surface area contributed by atoms with Gasteiger partial charge in [-0.2, -0.15) is 0 Å². The van der Waals surface area contributed by atoms with Crippen molar-refractivity contribution in [2.75, 3.05) is 46.6 Å². The highest BCUT2D eigenvalue weighted by molar-refractivity contribution is 5.38. The van der Waals surface area contributed by atoms with Gasteiger partial charge in [0.2, 0.25) is 0 Å². The molecule has 0 heterocycles. The van der Waals surface area contributed by atoms with Gasteiger partial charge in [-0.1, -0.05) is 18.8 Å². The third-order valence-corrected chi connectivity index (χ3v) is 3.06.